The highest BCUT2D eigenvalue weighted by atomic mass is 79.9. The van der Waals surface area contributed by atoms with E-state index in [1.807, 2.05) is 18.8 Å². The van der Waals surface area contributed by atoms with E-state index in [2.05, 4.69) is 36.7 Å². The number of hydrogen-bond donors (Lipinski definition) is 3. The lowest BCUT2D eigenvalue weighted by Gasteiger charge is -2.15. The Bertz CT molecular complexity index is 983. The summed E-state index contributed by atoms with van der Waals surface area (Å²) >= 11 is 3.43. The van der Waals surface area contributed by atoms with Gasteiger partial charge in [-0.1, -0.05) is 0 Å². The van der Waals surface area contributed by atoms with Crippen molar-refractivity contribution in [2.24, 2.45) is 5.10 Å². The minimum absolute atomic E-state index is 0.0202. The Balaban J connectivity index is 1.98. The van der Waals surface area contributed by atoms with Gasteiger partial charge in [0.1, 0.15) is 5.69 Å². The van der Waals surface area contributed by atoms with Crippen LogP contribution < -0.4 is 26.1 Å². The third-order valence-electron chi connectivity index (χ3n) is 3.38. The molecular weight excluding hydrogens is 434 g/mol. The molecule has 0 radical (unpaired) electrons. The number of halogens is 1. The van der Waals surface area contributed by atoms with Crippen molar-refractivity contribution in [3.63, 3.8) is 0 Å². The van der Waals surface area contributed by atoms with Gasteiger partial charge in [0.05, 0.1) is 23.9 Å². The first-order chi connectivity index (χ1) is 13.3. The van der Waals surface area contributed by atoms with E-state index in [1.165, 1.54) is 13.3 Å². The van der Waals surface area contributed by atoms with Gasteiger partial charge in [-0.25, -0.2) is 15.3 Å². The van der Waals surface area contributed by atoms with Crippen LogP contribution in [0.1, 0.15) is 31.5 Å². The lowest BCUT2D eigenvalue weighted by atomic mass is 10.2. The number of nitrogens with zero attached hydrogens (tertiary/aromatic N) is 2. The molecule has 2 aromatic rings. The lowest BCUT2D eigenvalue weighted by Crippen LogP contribution is -2.28. The molecule has 3 N–H and O–H groups in total. The van der Waals surface area contributed by atoms with Gasteiger partial charge in [0.15, 0.2) is 11.5 Å². The molecule has 150 valence electrons. The fourth-order valence-electron chi connectivity index (χ4n) is 2.17. The van der Waals surface area contributed by atoms with Crippen molar-refractivity contribution in [2.45, 2.75) is 32.8 Å². The molecule has 0 spiro atoms. The summed E-state index contributed by atoms with van der Waals surface area (Å²) in [6, 6.07) is 3.50. The molecule has 0 saturated carbocycles. The second-order valence-electron chi connectivity index (χ2n) is 5.95. The second kappa shape index (κ2) is 9.83. The van der Waals surface area contributed by atoms with E-state index in [0.29, 0.717) is 21.5 Å². The summed E-state index contributed by atoms with van der Waals surface area (Å²) in [5, 5.41) is 9.61. The van der Waals surface area contributed by atoms with Gasteiger partial charge in [-0.2, -0.15) is 10.2 Å². The molecular formula is C17H20BrN5O5. The van der Waals surface area contributed by atoms with E-state index < -0.39 is 17.2 Å². The molecule has 0 bridgehead atoms. The Morgan fingerprint density at radius 2 is 2.14 bits per heavy atom. The van der Waals surface area contributed by atoms with Crippen LogP contribution in [0, 0.1) is 0 Å². The van der Waals surface area contributed by atoms with Crippen molar-refractivity contribution in [3.05, 3.63) is 48.7 Å². The van der Waals surface area contributed by atoms with E-state index >= 15 is 0 Å². The molecule has 1 aromatic heterocycles. The zero-order chi connectivity index (χ0) is 20.7. The third-order valence-corrected chi connectivity index (χ3v) is 3.97. The van der Waals surface area contributed by atoms with Gasteiger partial charge in [0.2, 0.25) is 5.91 Å². The molecule has 2 rings (SSSR count). The number of aromatic nitrogens is 3. The van der Waals surface area contributed by atoms with Gasteiger partial charge >= 0.3 is 5.69 Å². The van der Waals surface area contributed by atoms with Crippen LogP contribution in [0.4, 0.5) is 0 Å². The number of rotatable bonds is 8. The highest BCUT2D eigenvalue weighted by molar-refractivity contribution is 9.10. The maximum Gasteiger partial charge on any atom is 0.342 e. The van der Waals surface area contributed by atoms with Crippen molar-refractivity contribution in [1.29, 1.82) is 0 Å². The van der Waals surface area contributed by atoms with Crippen LogP contribution in [0.15, 0.2) is 31.3 Å². The van der Waals surface area contributed by atoms with Crippen LogP contribution in [0.2, 0.25) is 0 Å². The average Bonchev–Trinajstić information content (AvgIpc) is 2.62. The van der Waals surface area contributed by atoms with Crippen molar-refractivity contribution in [1.82, 2.24) is 20.6 Å². The van der Waals surface area contributed by atoms with E-state index in [1.54, 1.807) is 12.1 Å². The molecule has 0 aliphatic carbocycles. The molecule has 1 aromatic carbocycles. The number of H-pyrrole nitrogens is 2. The topological polar surface area (TPSA) is 139 Å². The Labute approximate surface area is 168 Å². The Hall–Kier alpha value is -2.95. The summed E-state index contributed by atoms with van der Waals surface area (Å²) in [7, 11) is 1.53. The predicted octanol–water partition coefficient (Wildman–Crippen LogP) is 1.10. The molecule has 0 fully saturated rings. The van der Waals surface area contributed by atoms with E-state index in [9.17, 15) is 14.4 Å². The summed E-state index contributed by atoms with van der Waals surface area (Å²) < 4.78 is 11.7. The van der Waals surface area contributed by atoms with Gasteiger partial charge in [0.25, 0.3) is 5.56 Å². The van der Waals surface area contributed by atoms with Crippen LogP contribution >= 0.6 is 15.9 Å². The molecule has 28 heavy (non-hydrogen) atoms. The molecule has 0 unspecified atom stereocenters. The second-order valence-corrected chi connectivity index (χ2v) is 6.80. The fraction of sp³-hybridized carbons (Fsp3) is 0.353. The van der Waals surface area contributed by atoms with Crippen LogP contribution in [0.5, 0.6) is 11.5 Å². The zero-order valence-electron chi connectivity index (χ0n) is 15.5. The number of amides is 1. The lowest BCUT2D eigenvalue weighted by molar-refractivity contribution is -0.121. The summed E-state index contributed by atoms with van der Waals surface area (Å²) in [6.45, 7) is 3.82. The zero-order valence-corrected chi connectivity index (χ0v) is 17.1. The number of carbonyl (C=O) groups excluding carboxylic acids is 1. The van der Waals surface area contributed by atoms with Gasteiger partial charge in [-0.05, 0) is 47.5 Å². The molecule has 1 heterocycles. The highest BCUT2D eigenvalue weighted by Gasteiger charge is 2.12. The first kappa shape index (κ1) is 21.4. The van der Waals surface area contributed by atoms with E-state index in [0.717, 1.165) is 0 Å². The normalized spacial score (nSPS) is 11.0. The van der Waals surface area contributed by atoms with Crippen molar-refractivity contribution in [3.8, 4) is 11.5 Å². The number of ether oxygens (including phenoxy) is 2. The number of aromatic amines is 2. The van der Waals surface area contributed by atoms with Gasteiger partial charge in [-0.3, -0.25) is 14.6 Å². The standard InChI is InChI=1S/C17H20BrN5O5/c1-9(2)28-15-11(18)6-10(7-13(15)27-3)8-19-22-14(24)5-4-12-16(25)20-17(26)23-21-12/h6-9H,4-5H2,1-3H3,(H,22,24)(H2,20,23,25,26)/b19-8+. The van der Waals surface area contributed by atoms with Gasteiger partial charge < -0.3 is 9.47 Å². The molecule has 11 heteroatoms. The molecule has 0 aliphatic rings. The largest absolute Gasteiger partial charge is 0.493 e. The first-order valence-corrected chi connectivity index (χ1v) is 9.13. The summed E-state index contributed by atoms with van der Waals surface area (Å²) in [5.41, 5.74) is 1.79. The molecule has 0 aliphatic heterocycles. The maximum absolute atomic E-state index is 11.9. The van der Waals surface area contributed by atoms with Gasteiger partial charge in [-0.15, -0.1) is 0 Å². The molecule has 10 nitrogen and oxygen atoms in total. The summed E-state index contributed by atoms with van der Waals surface area (Å²) in [4.78, 5) is 36.3. The van der Waals surface area contributed by atoms with Crippen molar-refractivity contribution >= 4 is 28.1 Å². The Morgan fingerprint density at radius 3 is 2.79 bits per heavy atom. The maximum atomic E-state index is 11.9. The number of methoxy groups -OCH3 is 1. The number of nitrogens with one attached hydrogen (secondary N) is 3. The first-order valence-electron chi connectivity index (χ1n) is 8.34. The van der Waals surface area contributed by atoms with Crippen molar-refractivity contribution < 1.29 is 14.3 Å². The monoisotopic (exact) mass is 453 g/mol. The number of hydrogen-bond acceptors (Lipinski definition) is 7. The van der Waals surface area contributed by atoms with Gasteiger partial charge in [0, 0.05) is 12.8 Å². The number of carbonyl (C=O) groups is 1. The SMILES string of the molecule is COc1cc(/C=N/NC(=O)CCc2n[nH]c(=O)[nH]c2=O)cc(Br)c1OC(C)C. The molecule has 1 amide bonds. The molecule has 0 atom stereocenters. The van der Waals surface area contributed by atoms with Crippen LogP contribution in [-0.4, -0.2) is 40.5 Å². The molecule has 0 saturated heterocycles. The van der Waals surface area contributed by atoms with E-state index in [-0.39, 0.29) is 24.6 Å². The number of benzene rings is 1. The minimum atomic E-state index is -0.700. The Kier molecular flexibility index (Phi) is 7.50. The van der Waals surface area contributed by atoms with Crippen LogP contribution in [-0.2, 0) is 11.2 Å². The number of aryl methyl sites for hydroxylation is 1. The quantitative estimate of drug-likeness (QED) is 0.403. The summed E-state index contributed by atoms with van der Waals surface area (Å²) in [5.74, 6) is 0.700. The van der Waals surface area contributed by atoms with E-state index in [4.69, 9.17) is 9.47 Å². The summed E-state index contributed by atoms with van der Waals surface area (Å²) in [6.07, 6.45) is 1.48. The third kappa shape index (κ3) is 6.05. The minimum Gasteiger partial charge on any atom is -0.493 e. The van der Waals surface area contributed by atoms with Crippen LogP contribution in [0.3, 0.4) is 0 Å². The Morgan fingerprint density at radius 1 is 1.39 bits per heavy atom. The number of hydrazone groups is 1. The highest BCUT2D eigenvalue weighted by Crippen LogP contribution is 2.36. The van der Waals surface area contributed by atoms with Crippen LogP contribution in [0.25, 0.3) is 0 Å². The predicted molar refractivity (Wildman–Crippen MR) is 106 cm³/mol. The average molecular weight is 454 g/mol. The van der Waals surface area contributed by atoms with Crippen molar-refractivity contribution in [2.75, 3.05) is 7.11 Å². The smallest absolute Gasteiger partial charge is 0.342 e. The fourth-order valence-corrected chi connectivity index (χ4v) is 2.73.